The zero-order valence-corrected chi connectivity index (χ0v) is 16.7. The minimum Gasteiger partial charge on any atom is -0.322 e. The number of nitro groups is 1. The average molecular weight is 414 g/mol. The third-order valence-corrected chi connectivity index (χ3v) is 6.45. The number of hydrogen-bond donors (Lipinski definition) is 1. The number of carbonyl (C=O) groups is 2. The van der Waals surface area contributed by atoms with E-state index in [-0.39, 0.29) is 24.0 Å². The molecule has 2 amide bonds. The van der Waals surface area contributed by atoms with Gasteiger partial charge in [0.05, 0.1) is 10.5 Å². The fourth-order valence-corrected chi connectivity index (χ4v) is 4.80. The molecule has 1 atom stereocenters. The first-order chi connectivity index (χ1) is 14.0. The van der Waals surface area contributed by atoms with Crippen LogP contribution in [0.3, 0.4) is 0 Å². The lowest BCUT2D eigenvalue weighted by atomic mass is 9.84. The van der Waals surface area contributed by atoms with Gasteiger partial charge in [-0.15, -0.1) is 11.3 Å². The number of nitro benzene ring substituents is 1. The van der Waals surface area contributed by atoms with E-state index in [0.29, 0.717) is 23.0 Å². The van der Waals surface area contributed by atoms with E-state index in [9.17, 15) is 19.7 Å². The van der Waals surface area contributed by atoms with Crippen molar-refractivity contribution in [3.05, 3.63) is 51.0 Å². The van der Waals surface area contributed by atoms with Gasteiger partial charge in [0.2, 0.25) is 5.91 Å². The SMILES string of the molecule is O=C(Nc1nccs1)C(CC1CCCCC1)N1Cc2ccc([N+](=O)[O-])cc2C1=O. The van der Waals surface area contributed by atoms with Crippen molar-refractivity contribution < 1.29 is 14.5 Å². The molecule has 1 aromatic heterocycles. The van der Waals surface area contributed by atoms with E-state index in [2.05, 4.69) is 10.3 Å². The van der Waals surface area contributed by atoms with Gasteiger partial charge in [0.25, 0.3) is 11.6 Å². The summed E-state index contributed by atoms with van der Waals surface area (Å²) >= 11 is 1.33. The lowest BCUT2D eigenvalue weighted by Gasteiger charge is -2.31. The number of hydrogen-bond acceptors (Lipinski definition) is 6. The van der Waals surface area contributed by atoms with E-state index < -0.39 is 11.0 Å². The van der Waals surface area contributed by atoms with Gasteiger partial charge < -0.3 is 10.2 Å². The van der Waals surface area contributed by atoms with Crippen LogP contribution in [0.5, 0.6) is 0 Å². The van der Waals surface area contributed by atoms with Crippen LogP contribution in [0.15, 0.2) is 29.8 Å². The Morgan fingerprint density at radius 1 is 1.34 bits per heavy atom. The molecule has 1 aromatic carbocycles. The summed E-state index contributed by atoms with van der Waals surface area (Å²) in [5, 5.41) is 16.2. The summed E-state index contributed by atoms with van der Waals surface area (Å²) in [6.07, 6.45) is 7.83. The second kappa shape index (κ2) is 8.28. The predicted molar refractivity (Wildman–Crippen MR) is 109 cm³/mol. The normalized spacial score (nSPS) is 17.8. The molecular weight excluding hydrogens is 392 g/mol. The standard InChI is InChI=1S/C20H22N4O4S/c25-18(22-20-21-8-9-29-20)17(10-13-4-2-1-3-5-13)23-12-14-6-7-15(24(27)28)11-16(14)19(23)26/h6-9,11,13,17H,1-5,10,12H2,(H,21,22,25). The Kier molecular flexibility index (Phi) is 5.57. The lowest BCUT2D eigenvalue weighted by Crippen LogP contribution is -2.45. The van der Waals surface area contributed by atoms with Gasteiger partial charge >= 0.3 is 0 Å². The largest absolute Gasteiger partial charge is 0.322 e. The number of benzene rings is 1. The molecule has 2 aliphatic rings. The molecule has 0 radical (unpaired) electrons. The Balaban J connectivity index is 1.58. The van der Waals surface area contributed by atoms with Crippen LogP contribution in [0.2, 0.25) is 0 Å². The summed E-state index contributed by atoms with van der Waals surface area (Å²) in [5.41, 5.74) is 0.918. The highest BCUT2D eigenvalue weighted by Crippen LogP contribution is 2.33. The summed E-state index contributed by atoms with van der Waals surface area (Å²) in [6, 6.07) is 3.71. The molecule has 2 heterocycles. The van der Waals surface area contributed by atoms with Gasteiger partial charge in [0.1, 0.15) is 6.04 Å². The van der Waals surface area contributed by atoms with Crippen molar-refractivity contribution in [2.24, 2.45) is 5.92 Å². The lowest BCUT2D eigenvalue weighted by molar-refractivity contribution is -0.384. The molecule has 2 aromatic rings. The number of carbonyl (C=O) groups excluding carboxylic acids is 2. The summed E-state index contributed by atoms with van der Waals surface area (Å²) in [5.74, 6) is -0.179. The molecule has 8 nitrogen and oxygen atoms in total. The van der Waals surface area contributed by atoms with Gasteiger partial charge in [-0.2, -0.15) is 0 Å². The van der Waals surface area contributed by atoms with Gasteiger partial charge in [0.15, 0.2) is 5.13 Å². The monoisotopic (exact) mass is 414 g/mol. The van der Waals surface area contributed by atoms with Crippen LogP contribution in [0.1, 0.15) is 54.4 Å². The quantitative estimate of drug-likeness (QED) is 0.568. The summed E-state index contributed by atoms with van der Waals surface area (Å²) in [4.78, 5) is 42.4. The van der Waals surface area contributed by atoms with Crippen molar-refractivity contribution in [1.82, 2.24) is 9.88 Å². The van der Waals surface area contributed by atoms with E-state index in [1.807, 2.05) is 0 Å². The van der Waals surface area contributed by atoms with E-state index in [0.717, 1.165) is 31.2 Å². The Bertz CT molecular complexity index is 925. The number of rotatable bonds is 6. The number of nitrogens with one attached hydrogen (secondary N) is 1. The summed E-state index contributed by atoms with van der Waals surface area (Å²) in [7, 11) is 0. The van der Waals surface area contributed by atoms with Gasteiger partial charge in [0, 0.05) is 30.3 Å². The number of thiazole rings is 1. The minimum atomic E-state index is -0.624. The van der Waals surface area contributed by atoms with Crippen molar-refractivity contribution in [2.75, 3.05) is 5.32 Å². The average Bonchev–Trinajstić information content (AvgIpc) is 3.34. The smallest absolute Gasteiger partial charge is 0.270 e. The van der Waals surface area contributed by atoms with Crippen LogP contribution >= 0.6 is 11.3 Å². The Hall–Kier alpha value is -2.81. The zero-order valence-electron chi connectivity index (χ0n) is 15.9. The molecular formula is C20H22N4O4S. The van der Waals surface area contributed by atoms with Crippen LogP contribution in [0, 0.1) is 16.0 Å². The maximum absolute atomic E-state index is 13.1. The van der Waals surface area contributed by atoms with Gasteiger partial charge in [-0.3, -0.25) is 19.7 Å². The summed E-state index contributed by atoms with van der Waals surface area (Å²) in [6.45, 7) is 0.287. The third kappa shape index (κ3) is 4.14. The Labute approximate surface area is 172 Å². The molecule has 1 aliphatic carbocycles. The number of nitrogens with zero attached hydrogens (tertiary/aromatic N) is 3. The Morgan fingerprint density at radius 2 is 2.14 bits per heavy atom. The Morgan fingerprint density at radius 3 is 2.83 bits per heavy atom. The van der Waals surface area contributed by atoms with E-state index in [4.69, 9.17) is 0 Å². The second-order valence-electron chi connectivity index (χ2n) is 7.61. The first-order valence-electron chi connectivity index (χ1n) is 9.81. The fourth-order valence-electron chi connectivity index (χ4n) is 4.27. The molecule has 9 heteroatoms. The van der Waals surface area contributed by atoms with Crippen molar-refractivity contribution in [2.45, 2.75) is 51.1 Å². The van der Waals surface area contributed by atoms with Crippen LogP contribution in [0.25, 0.3) is 0 Å². The molecule has 0 spiro atoms. The summed E-state index contributed by atoms with van der Waals surface area (Å²) < 4.78 is 0. The maximum Gasteiger partial charge on any atom is 0.270 e. The number of amides is 2. The molecule has 4 rings (SSSR count). The van der Waals surface area contributed by atoms with E-state index in [1.165, 1.54) is 29.9 Å². The molecule has 1 unspecified atom stereocenters. The molecule has 1 fully saturated rings. The van der Waals surface area contributed by atoms with Gasteiger partial charge in [-0.1, -0.05) is 32.1 Å². The van der Waals surface area contributed by atoms with Gasteiger partial charge in [-0.05, 0) is 24.0 Å². The van der Waals surface area contributed by atoms with E-state index >= 15 is 0 Å². The number of anilines is 1. The maximum atomic E-state index is 13.1. The highest BCUT2D eigenvalue weighted by atomic mass is 32.1. The number of fused-ring (bicyclic) bond motifs is 1. The predicted octanol–water partition coefficient (Wildman–Crippen LogP) is 3.98. The number of non-ortho nitro benzene ring substituents is 1. The zero-order chi connectivity index (χ0) is 20.4. The molecule has 0 saturated heterocycles. The minimum absolute atomic E-state index is 0.116. The molecule has 152 valence electrons. The van der Waals surface area contributed by atoms with Crippen LogP contribution in [0.4, 0.5) is 10.8 Å². The third-order valence-electron chi connectivity index (χ3n) is 5.76. The van der Waals surface area contributed by atoms with Crippen LogP contribution in [-0.4, -0.2) is 32.7 Å². The highest BCUT2D eigenvalue weighted by molar-refractivity contribution is 7.13. The fraction of sp³-hybridized carbons (Fsp3) is 0.450. The second-order valence-corrected chi connectivity index (χ2v) is 8.51. The van der Waals surface area contributed by atoms with Gasteiger partial charge in [-0.25, -0.2) is 4.98 Å². The van der Waals surface area contributed by atoms with Crippen molar-refractivity contribution >= 4 is 34.0 Å². The molecule has 1 saturated carbocycles. The topological polar surface area (TPSA) is 105 Å². The molecule has 1 N–H and O–H groups in total. The molecule has 29 heavy (non-hydrogen) atoms. The van der Waals surface area contributed by atoms with Crippen LogP contribution < -0.4 is 5.32 Å². The first kappa shape index (κ1) is 19.5. The van der Waals surface area contributed by atoms with E-state index in [1.54, 1.807) is 22.5 Å². The molecule has 1 aliphatic heterocycles. The first-order valence-corrected chi connectivity index (χ1v) is 10.7. The highest BCUT2D eigenvalue weighted by Gasteiger charge is 2.38. The van der Waals surface area contributed by atoms with Crippen molar-refractivity contribution in [1.29, 1.82) is 0 Å². The van der Waals surface area contributed by atoms with Crippen molar-refractivity contribution in [3.8, 4) is 0 Å². The molecule has 0 bridgehead atoms. The number of aromatic nitrogens is 1. The van der Waals surface area contributed by atoms with Crippen molar-refractivity contribution in [3.63, 3.8) is 0 Å². The van der Waals surface area contributed by atoms with Crippen LogP contribution in [-0.2, 0) is 11.3 Å².